The molecular weight excluding hydrogens is 1850 g/mol. The number of nitrogens with zero attached hydrogens (tertiary/aromatic N) is 16. The van der Waals surface area contributed by atoms with E-state index in [-0.39, 0.29) is 0 Å². The highest BCUT2D eigenvalue weighted by atomic mass is 16.7. The van der Waals surface area contributed by atoms with Gasteiger partial charge >= 0.3 is 0 Å². The van der Waals surface area contributed by atoms with E-state index >= 15 is 0 Å². The Labute approximate surface area is 894 Å². The number of allylic oxidation sites excluding steroid dienone is 5. The summed E-state index contributed by atoms with van der Waals surface area (Å²) in [6.07, 6.45) is 63.7. The monoisotopic (exact) mass is 2040 g/mol. The average Bonchev–Trinajstić information content (AvgIpc) is 1.73. The van der Waals surface area contributed by atoms with Crippen molar-refractivity contribution in [2.24, 2.45) is 20.2 Å². The van der Waals surface area contributed by atoms with Crippen LogP contribution in [0.5, 0.6) is 11.5 Å². The number of benzene rings is 6. The van der Waals surface area contributed by atoms with Gasteiger partial charge < -0.3 is 45.7 Å². The lowest BCUT2D eigenvalue weighted by atomic mass is 10.2. The number of hydrogen-bond acceptors (Lipinski definition) is 26. The zero-order valence-corrected chi connectivity index (χ0v) is 96.9. The van der Waals surface area contributed by atoms with Gasteiger partial charge in [-0.25, -0.2) is 15.0 Å². The number of oxazole rings is 2. The van der Waals surface area contributed by atoms with Gasteiger partial charge in [-0.05, 0) is 141 Å². The number of aromatic nitrogens is 12. The molecule has 2 saturated heterocycles. The maximum Gasteiger partial charge on any atom is 0.231 e. The van der Waals surface area contributed by atoms with E-state index in [0.29, 0.717) is 6.79 Å². The maximum absolute atomic E-state index is 5.12. The number of aliphatic imine (C=N–C) groups is 2. The van der Waals surface area contributed by atoms with Crippen LogP contribution >= 0.6 is 0 Å². The summed E-state index contributed by atoms with van der Waals surface area (Å²) in [6, 6.07) is 60.1. The van der Waals surface area contributed by atoms with Crippen LogP contribution in [0.4, 0.5) is 5.69 Å². The number of para-hydroxylation sites is 9. The topological polar surface area (TPSA) is 320 Å². The third kappa shape index (κ3) is 103. The molecule has 148 heavy (non-hydrogen) atoms. The van der Waals surface area contributed by atoms with Crippen molar-refractivity contribution in [3.63, 3.8) is 0 Å². The number of fused-ring (bicyclic) bond motifs is 6. The Morgan fingerprint density at radius 1 is 0.284 bits per heavy atom. The molecule has 0 unspecified atom stereocenters. The highest BCUT2D eigenvalue weighted by molar-refractivity contribution is 5.82. The van der Waals surface area contributed by atoms with Crippen LogP contribution in [0.3, 0.4) is 0 Å². The van der Waals surface area contributed by atoms with E-state index in [9.17, 15) is 0 Å². The van der Waals surface area contributed by atoms with Crippen LogP contribution in [0.15, 0.2) is 403 Å². The molecule has 0 atom stereocenters. The molecular formula is C122H192N16O10. The average molecular weight is 2040 g/mol. The summed E-state index contributed by atoms with van der Waals surface area (Å²) in [5.41, 5.74) is 7.94. The summed E-state index contributed by atoms with van der Waals surface area (Å²) in [5, 5.41) is 23.1. The quantitative estimate of drug-likeness (QED) is 0.136. The molecule has 16 heterocycles. The Morgan fingerprint density at radius 3 is 1.09 bits per heavy atom. The lowest BCUT2D eigenvalue weighted by Crippen LogP contribution is -2.03. The molecule has 1 aliphatic carbocycles. The van der Waals surface area contributed by atoms with Crippen LogP contribution in [0.1, 0.15) is 292 Å². The molecule has 0 N–H and O–H groups in total. The molecule has 0 saturated carbocycles. The summed E-state index contributed by atoms with van der Waals surface area (Å²) in [6.45, 7) is 72.4. The lowest BCUT2D eigenvalue weighted by Gasteiger charge is -2.08. The third-order valence-corrected chi connectivity index (χ3v) is 14.2. The number of ether oxygens (including phenoxy) is 4. The fourth-order valence-corrected chi connectivity index (χ4v) is 8.81. The van der Waals surface area contributed by atoms with E-state index in [1.54, 1.807) is 118 Å². The van der Waals surface area contributed by atoms with Crippen molar-refractivity contribution >= 4 is 74.6 Å². The van der Waals surface area contributed by atoms with Gasteiger partial charge in [-0.1, -0.05) is 367 Å². The molecule has 2 fully saturated rings. The van der Waals surface area contributed by atoms with Crippen LogP contribution in [0.2, 0.25) is 0 Å². The van der Waals surface area contributed by atoms with Gasteiger partial charge in [-0.3, -0.25) is 34.9 Å². The predicted octanol–water partition coefficient (Wildman–Crippen LogP) is 37.5. The second kappa shape index (κ2) is 150. The standard InChI is InChI=1S/C8H6N2.C8H7N.C8H6O.2C7H5NO.C7H6O2.C5H5N.C5H10O.C5H6.C4H4N2.C4H5N.C4H8O.C4H4O.C3H3N3.C3H4N2.2C3H3NO.17C2H6/c1-2-4-8-7(3-1)9-5-6-10-8;2*1-2-4-8-7(3-1)5-6-9-8;1-2-4-7-6(3-1)8-5-9-7;1-2-4-7-6(3-1)5-8-9-7;1-2-4-7-6(3-1)8-5-9-7;2*1-2-4-6-5-3-1;1-2-4-5-3-1;1-2-6-4-3-5-1;3*1-2-4-5-3-1;1-2-5-6-3-4-1;1-2-4-5-3-1;1-2-5-3-4-1;1-2-4-5-3-1;17*1-2/h1-6H;1-4,6H,5H2;1-6H;2*1-5H;1-4H,5H2;1-5H;1-5H2;1-4H,5H2;1-4H;1,3-4H,2H2;1-4H2;1-4H;1-3H;2-3H,1H2;2*1-3H;17*1-2H3. The van der Waals surface area contributed by atoms with E-state index in [2.05, 4.69) is 124 Å². The summed E-state index contributed by atoms with van der Waals surface area (Å²) in [4.78, 5) is 38.5. The third-order valence-electron chi connectivity index (χ3n) is 14.2. The van der Waals surface area contributed by atoms with Crippen molar-refractivity contribution in [2.75, 3.05) is 33.2 Å². The second-order valence-corrected chi connectivity index (χ2v) is 22.4. The lowest BCUT2D eigenvalue weighted by molar-refractivity contribution is 0.0968. The zero-order chi connectivity index (χ0) is 113. The minimum atomic E-state index is 0.360. The second-order valence-electron chi connectivity index (χ2n) is 22.4. The van der Waals surface area contributed by atoms with E-state index in [0.717, 1.165) is 113 Å². The zero-order valence-electron chi connectivity index (χ0n) is 96.9. The van der Waals surface area contributed by atoms with Gasteiger partial charge in [0.2, 0.25) is 6.79 Å². The van der Waals surface area contributed by atoms with Gasteiger partial charge in [0.15, 0.2) is 35.5 Å². The summed E-state index contributed by atoms with van der Waals surface area (Å²) >= 11 is 0. The number of hydrogen-bond donors (Lipinski definition) is 0. The van der Waals surface area contributed by atoms with Crippen LogP contribution in [0, 0.1) is 0 Å². The summed E-state index contributed by atoms with van der Waals surface area (Å²) in [5.74, 6) is 1.69. The molecule has 23 rings (SSSR count). The van der Waals surface area contributed by atoms with Crippen LogP contribution in [-0.4, -0.2) is 118 Å². The van der Waals surface area contributed by atoms with E-state index in [1.807, 2.05) is 430 Å². The first kappa shape index (κ1) is 156. The molecule has 10 aromatic heterocycles. The minimum absolute atomic E-state index is 0.360. The van der Waals surface area contributed by atoms with Crippen molar-refractivity contribution in [1.29, 1.82) is 0 Å². The molecule has 26 nitrogen and oxygen atoms in total. The van der Waals surface area contributed by atoms with Crippen LogP contribution < -0.4 is 9.47 Å². The fourth-order valence-electron chi connectivity index (χ4n) is 8.81. The first-order chi connectivity index (χ1) is 73.8. The van der Waals surface area contributed by atoms with Gasteiger partial charge in [0, 0.05) is 143 Å². The molecule has 0 amide bonds. The minimum Gasteiger partial charge on any atom is -0.473 e. The highest BCUT2D eigenvalue weighted by Gasteiger charge is 2.10. The fraction of sp³-hybridized carbons (Fsp3) is 0.393. The maximum atomic E-state index is 5.12. The van der Waals surface area contributed by atoms with Gasteiger partial charge in [-0.2, -0.15) is 15.3 Å². The first-order valence-corrected chi connectivity index (χ1v) is 53.3. The van der Waals surface area contributed by atoms with Crippen molar-refractivity contribution in [3.05, 3.63) is 361 Å². The molecule has 0 radical (unpaired) electrons. The Kier molecular flexibility index (Phi) is 159. The van der Waals surface area contributed by atoms with Crippen molar-refractivity contribution < 1.29 is 45.7 Å². The molecule has 6 aliphatic heterocycles. The first-order valence-electron chi connectivity index (χ1n) is 53.3. The molecule has 26 heteroatoms. The summed E-state index contributed by atoms with van der Waals surface area (Å²) in [7, 11) is 0. The van der Waals surface area contributed by atoms with Crippen LogP contribution in [0.25, 0.3) is 44.1 Å². The molecule has 6 aromatic carbocycles. The van der Waals surface area contributed by atoms with Gasteiger partial charge in [-0.15, -0.1) is 5.10 Å². The van der Waals surface area contributed by atoms with E-state index in [1.165, 1.54) is 75.5 Å². The van der Waals surface area contributed by atoms with Gasteiger partial charge in [0.25, 0.3) is 0 Å². The number of pyridine rings is 1. The SMILES string of the molecule is C1=CCC=C1.C1=CN=CC1.C1=NN=CC1.C1=Nc2ccccc2C1.C1CCOC1.C1CCOCC1.CC.CC.CC.CC.CC.CC.CC.CC.CC.CC.CC.CC.CC.CC.CC.CC.CC.c1ccc2c(c1)OCO2.c1ccc2nccnc2c1.c1ccc2occc2c1.c1ccc2ocnc2c1.c1ccc2oncc2c1.c1ccncc1.c1ccoc1.c1cnccn1.c1cnncn1.c1cnoc1.c1cocn1. The van der Waals surface area contributed by atoms with Gasteiger partial charge in [0.05, 0.1) is 60.3 Å². The molecule has 0 bridgehead atoms. The molecule has 16 aromatic rings. The van der Waals surface area contributed by atoms with Crippen molar-refractivity contribution in [2.45, 2.75) is 293 Å². The molecule has 7 aliphatic rings. The Hall–Kier alpha value is -14.5. The Morgan fingerprint density at radius 2 is 0.764 bits per heavy atom. The van der Waals surface area contributed by atoms with Crippen LogP contribution in [-0.2, 0) is 15.9 Å². The Bertz CT molecular complexity index is 4360. The predicted molar refractivity (Wildman–Crippen MR) is 637 cm³/mol. The number of rotatable bonds is 0. The Balaban J connectivity index is -0.000000148. The van der Waals surface area contributed by atoms with Crippen molar-refractivity contribution in [1.82, 2.24) is 60.4 Å². The highest BCUT2D eigenvalue weighted by Crippen LogP contribution is 2.30. The largest absolute Gasteiger partial charge is 0.473 e. The van der Waals surface area contributed by atoms with E-state index in [4.69, 9.17) is 32.3 Å². The van der Waals surface area contributed by atoms with Crippen molar-refractivity contribution in [3.8, 4) is 11.5 Å². The molecule has 820 valence electrons. The molecule has 0 spiro atoms. The normalized spacial score (nSPS) is 10.3. The number of furan rings is 2. The van der Waals surface area contributed by atoms with Gasteiger partial charge in [0.1, 0.15) is 30.0 Å². The smallest absolute Gasteiger partial charge is 0.231 e. The van der Waals surface area contributed by atoms with E-state index < -0.39 is 0 Å². The summed E-state index contributed by atoms with van der Waals surface area (Å²) < 4.78 is 48.5.